The van der Waals surface area contributed by atoms with Crippen molar-refractivity contribution in [3.63, 3.8) is 0 Å². The van der Waals surface area contributed by atoms with Gasteiger partial charge in [0.05, 0.1) is 0 Å². The maximum Gasteiger partial charge on any atom is 0.119 e. The van der Waals surface area contributed by atoms with Crippen molar-refractivity contribution in [2.45, 2.75) is 34.1 Å². The number of hydrogen-bond donors (Lipinski definition) is 2. The van der Waals surface area contributed by atoms with Crippen LogP contribution in [0.15, 0.2) is 24.3 Å². The maximum atomic E-state index is 10.0. The van der Waals surface area contributed by atoms with E-state index in [-0.39, 0.29) is 0 Å². The van der Waals surface area contributed by atoms with Crippen LogP contribution in [0.5, 0.6) is 11.5 Å². The first-order chi connectivity index (χ1) is 8.88. The molecule has 0 spiro atoms. The average molecular weight is 256 g/mol. The second-order valence-corrected chi connectivity index (χ2v) is 5.31. The van der Waals surface area contributed by atoms with Crippen molar-refractivity contribution in [2.24, 2.45) is 0 Å². The van der Waals surface area contributed by atoms with Crippen LogP contribution in [0.4, 0.5) is 0 Å². The Morgan fingerprint density at radius 2 is 0.947 bits per heavy atom. The van der Waals surface area contributed by atoms with Crippen molar-refractivity contribution >= 4 is 0 Å². The van der Waals surface area contributed by atoms with Crippen LogP contribution in [0, 0.1) is 27.7 Å². The predicted octanol–water partition coefficient (Wildman–Crippen LogP) is 3.92. The van der Waals surface area contributed by atoms with Crippen molar-refractivity contribution in [3.8, 4) is 11.5 Å². The minimum Gasteiger partial charge on any atom is -0.508 e. The maximum absolute atomic E-state index is 10.0. The molecule has 19 heavy (non-hydrogen) atoms. The average Bonchev–Trinajstić information content (AvgIpc) is 2.32. The van der Waals surface area contributed by atoms with Crippen LogP contribution in [0.25, 0.3) is 0 Å². The van der Waals surface area contributed by atoms with E-state index in [2.05, 4.69) is 0 Å². The lowest BCUT2D eigenvalue weighted by Crippen LogP contribution is -1.94. The highest BCUT2D eigenvalue weighted by Gasteiger charge is 2.09. The molecule has 0 bridgehead atoms. The second-order valence-electron chi connectivity index (χ2n) is 5.31. The van der Waals surface area contributed by atoms with E-state index >= 15 is 0 Å². The third kappa shape index (κ3) is 2.73. The van der Waals surface area contributed by atoms with E-state index in [1.807, 2.05) is 39.8 Å². The summed E-state index contributed by atoms with van der Waals surface area (Å²) < 4.78 is 0. The van der Waals surface area contributed by atoms with E-state index < -0.39 is 0 Å². The number of phenols is 2. The van der Waals surface area contributed by atoms with Gasteiger partial charge in [0, 0.05) is 6.42 Å². The van der Waals surface area contributed by atoms with Crippen LogP contribution in [0.1, 0.15) is 33.4 Å². The van der Waals surface area contributed by atoms with Crippen LogP contribution in [-0.2, 0) is 6.42 Å². The summed E-state index contributed by atoms with van der Waals surface area (Å²) in [6.45, 7) is 8.01. The summed E-state index contributed by atoms with van der Waals surface area (Å²) in [6.07, 6.45) is 0.542. The molecule has 0 amide bonds. The van der Waals surface area contributed by atoms with Crippen molar-refractivity contribution in [1.82, 2.24) is 0 Å². The Hall–Kier alpha value is -1.96. The molecule has 0 atom stereocenters. The topological polar surface area (TPSA) is 40.5 Å². The molecule has 2 rings (SSSR count). The smallest absolute Gasteiger partial charge is 0.119 e. The standard InChI is InChI=1S/C17H20O2/c1-10-5-14(16(18)7-12(10)3)9-15-6-11(2)13(4)8-17(15)19/h5-8,18-19H,9H2,1-4H3. The summed E-state index contributed by atoms with van der Waals surface area (Å²) in [5.74, 6) is 0.585. The van der Waals surface area contributed by atoms with Crippen LogP contribution >= 0.6 is 0 Å². The molecule has 0 fully saturated rings. The van der Waals surface area contributed by atoms with Gasteiger partial charge in [-0.3, -0.25) is 0 Å². The molecule has 0 aliphatic heterocycles. The van der Waals surface area contributed by atoms with Gasteiger partial charge in [0.1, 0.15) is 11.5 Å². The molecule has 0 aromatic heterocycles. The molecule has 0 aliphatic rings. The highest BCUT2D eigenvalue weighted by molar-refractivity contribution is 5.47. The SMILES string of the molecule is Cc1cc(O)c(Cc2cc(C)c(C)cc2O)cc1C. The van der Waals surface area contributed by atoms with Gasteiger partial charge in [-0.1, -0.05) is 12.1 Å². The monoisotopic (exact) mass is 256 g/mol. The van der Waals surface area contributed by atoms with Crippen molar-refractivity contribution < 1.29 is 10.2 Å². The minimum atomic E-state index is 0.292. The molecule has 2 aromatic carbocycles. The molecule has 0 saturated heterocycles. The third-order valence-corrected chi connectivity index (χ3v) is 3.77. The number of hydrogen-bond acceptors (Lipinski definition) is 2. The summed E-state index contributed by atoms with van der Waals surface area (Å²) in [5.41, 5.74) is 6.15. The molecular formula is C17H20O2. The Morgan fingerprint density at radius 3 is 1.32 bits per heavy atom. The first-order valence-corrected chi connectivity index (χ1v) is 6.46. The van der Waals surface area contributed by atoms with Crippen LogP contribution in [0.3, 0.4) is 0 Å². The highest BCUT2D eigenvalue weighted by atomic mass is 16.3. The van der Waals surface area contributed by atoms with Gasteiger partial charge in [-0.05, 0) is 73.2 Å². The van der Waals surface area contributed by atoms with Crippen LogP contribution in [0.2, 0.25) is 0 Å². The minimum absolute atomic E-state index is 0.292. The Morgan fingerprint density at radius 1 is 0.632 bits per heavy atom. The largest absolute Gasteiger partial charge is 0.508 e. The van der Waals surface area contributed by atoms with E-state index in [1.165, 1.54) is 0 Å². The van der Waals surface area contributed by atoms with Gasteiger partial charge >= 0.3 is 0 Å². The Labute approximate surface area is 114 Å². The zero-order chi connectivity index (χ0) is 14.2. The zero-order valence-electron chi connectivity index (χ0n) is 11.9. The lowest BCUT2D eigenvalue weighted by atomic mass is 9.96. The molecule has 0 saturated carbocycles. The molecule has 0 unspecified atom stereocenters. The Balaban J connectivity index is 2.42. The van der Waals surface area contributed by atoms with Gasteiger partial charge in [0.15, 0.2) is 0 Å². The van der Waals surface area contributed by atoms with E-state index in [0.29, 0.717) is 17.9 Å². The molecule has 100 valence electrons. The van der Waals surface area contributed by atoms with Crippen molar-refractivity contribution in [2.75, 3.05) is 0 Å². The predicted molar refractivity (Wildman–Crippen MR) is 78.0 cm³/mol. The van der Waals surface area contributed by atoms with Gasteiger partial charge in [-0.25, -0.2) is 0 Å². The van der Waals surface area contributed by atoms with Gasteiger partial charge in [-0.2, -0.15) is 0 Å². The number of rotatable bonds is 2. The lowest BCUT2D eigenvalue weighted by Gasteiger charge is -2.11. The zero-order valence-corrected chi connectivity index (χ0v) is 11.9. The van der Waals surface area contributed by atoms with E-state index in [0.717, 1.165) is 33.4 Å². The summed E-state index contributed by atoms with van der Waals surface area (Å²) in [4.78, 5) is 0. The van der Waals surface area contributed by atoms with Crippen LogP contribution < -0.4 is 0 Å². The fraction of sp³-hybridized carbons (Fsp3) is 0.294. The normalized spacial score (nSPS) is 10.7. The quantitative estimate of drug-likeness (QED) is 0.855. The van der Waals surface area contributed by atoms with Gasteiger partial charge in [-0.15, -0.1) is 0 Å². The summed E-state index contributed by atoms with van der Waals surface area (Å²) in [6, 6.07) is 7.53. The summed E-state index contributed by atoms with van der Waals surface area (Å²) >= 11 is 0. The summed E-state index contributed by atoms with van der Waals surface area (Å²) in [7, 11) is 0. The number of phenolic OH excluding ortho intramolecular Hbond substituents is 2. The first kappa shape index (κ1) is 13.5. The lowest BCUT2D eigenvalue weighted by molar-refractivity contribution is 0.462. The summed E-state index contributed by atoms with van der Waals surface area (Å²) in [5, 5.41) is 20.0. The van der Waals surface area contributed by atoms with Gasteiger partial charge in [0.25, 0.3) is 0 Å². The molecule has 0 heterocycles. The molecule has 0 aliphatic carbocycles. The third-order valence-electron chi connectivity index (χ3n) is 3.77. The molecular weight excluding hydrogens is 236 g/mol. The Kier molecular flexibility index (Phi) is 3.52. The molecule has 2 aromatic rings. The van der Waals surface area contributed by atoms with Crippen LogP contribution in [-0.4, -0.2) is 10.2 Å². The highest BCUT2D eigenvalue weighted by Crippen LogP contribution is 2.29. The Bertz CT molecular complexity index is 572. The molecule has 2 N–H and O–H groups in total. The fourth-order valence-electron chi connectivity index (χ4n) is 2.21. The van der Waals surface area contributed by atoms with Crippen molar-refractivity contribution in [3.05, 3.63) is 57.6 Å². The molecule has 2 nitrogen and oxygen atoms in total. The molecule has 0 radical (unpaired) electrons. The first-order valence-electron chi connectivity index (χ1n) is 6.46. The van der Waals surface area contributed by atoms with Gasteiger partial charge < -0.3 is 10.2 Å². The van der Waals surface area contributed by atoms with E-state index in [1.54, 1.807) is 12.1 Å². The second kappa shape index (κ2) is 4.96. The number of benzene rings is 2. The fourth-order valence-corrected chi connectivity index (χ4v) is 2.21. The van der Waals surface area contributed by atoms with Crippen molar-refractivity contribution in [1.29, 1.82) is 0 Å². The molecule has 2 heteroatoms. The van der Waals surface area contributed by atoms with Gasteiger partial charge in [0.2, 0.25) is 0 Å². The number of aromatic hydroxyl groups is 2. The van der Waals surface area contributed by atoms with E-state index in [9.17, 15) is 10.2 Å². The van der Waals surface area contributed by atoms with E-state index in [4.69, 9.17) is 0 Å². The number of aryl methyl sites for hydroxylation is 4.